The number of hydrogen-bond donors (Lipinski definition) is 2. The van der Waals surface area contributed by atoms with Gasteiger partial charge in [-0.05, 0) is 73.9 Å². The number of aliphatic hydroxyl groups excluding tert-OH is 1. The van der Waals surface area contributed by atoms with Crippen LogP contribution in [-0.4, -0.2) is 57.1 Å². The maximum atomic E-state index is 16.2. The highest BCUT2D eigenvalue weighted by molar-refractivity contribution is 6.31. The van der Waals surface area contributed by atoms with Crippen molar-refractivity contribution in [2.75, 3.05) is 18.5 Å². The largest absolute Gasteiger partial charge is 0.494 e. The number of pyridine rings is 1. The van der Waals surface area contributed by atoms with E-state index in [0.29, 0.717) is 23.5 Å². The minimum absolute atomic E-state index is 0.0430. The second-order valence-electron chi connectivity index (χ2n) is 12.0. The molecule has 5 atom stereocenters. The molecule has 2 aliphatic rings. The molecule has 0 unspecified atom stereocenters. The first-order valence-corrected chi connectivity index (χ1v) is 16.8. The zero-order valence-electron chi connectivity index (χ0n) is 27.0. The molecule has 1 spiro atoms. The molecule has 1 fully saturated rings. The van der Waals surface area contributed by atoms with E-state index >= 15 is 4.39 Å². The number of ether oxygens (including phenoxy) is 2. The van der Waals surface area contributed by atoms with Crippen molar-refractivity contribution in [2.45, 2.75) is 56.5 Å². The SMILES string of the molecule is CCOC(=O)c1ccc([C@H](O)C[C@H]2[C@@H]([N+](=O)[O-])[C@H](c3cccc(Cl)c3F)[C@]3(C(=O)Nc4nc(Cl)ccc43)N2Cc2cccc(OCC)c2)cc1. The predicted octanol–water partition coefficient (Wildman–Crippen LogP) is 6.69. The van der Waals surface area contributed by atoms with Crippen molar-refractivity contribution in [2.24, 2.45) is 0 Å². The van der Waals surface area contributed by atoms with Gasteiger partial charge in [0.1, 0.15) is 28.1 Å². The summed E-state index contributed by atoms with van der Waals surface area (Å²) >= 11 is 12.5. The predicted molar refractivity (Wildman–Crippen MR) is 183 cm³/mol. The number of anilines is 1. The molecule has 3 aromatic carbocycles. The van der Waals surface area contributed by atoms with Gasteiger partial charge in [0.25, 0.3) is 5.91 Å². The third-order valence-corrected chi connectivity index (χ3v) is 9.79. The lowest BCUT2D eigenvalue weighted by atomic mass is 9.73. The number of nitro groups is 1. The fourth-order valence-electron chi connectivity index (χ4n) is 7.31. The Morgan fingerprint density at radius 2 is 1.84 bits per heavy atom. The van der Waals surface area contributed by atoms with Crippen molar-refractivity contribution in [1.29, 1.82) is 0 Å². The lowest BCUT2D eigenvalue weighted by Crippen LogP contribution is -2.51. The van der Waals surface area contributed by atoms with Gasteiger partial charge >= 0.3 is 5.97 Å². The minimum Gasteiger partial charge on any atom is -0.494 e. The average molecular weight is 724 g/mol. The number of aromatic nitrogens is 1. The summed E-state index contributed by atoms with van der Waals surface area (Å²) < 4.78 is 26.9. The molecular weight excluding hydrogens is 690 g/mol. The summed E-state index contributed by atoms with van der Waals surface area (Å²) in [7, 11) is 0. The van der Waals surface area contributed by atoms with Crippen LogP contribution in [0.15, 0.2) is 78.9 Å². The van der Waals surface area contributed by atoms with Crippen molar-refractivity contribution < 1.29 is 33.5 Å². The summed E-state index contributed by atoms with van der Waals surface area (Å²) in [5.41, 5.74) is -0.499. The van der Waals surface area contributed by atoms with E-state index in [0.717, 1.165) is 0 Å². The molecule has 1 aromatic heterocycles. The van der Waals surface area contributed by atoms with Crippen LogP contribution in [0.25, 0.3) is 0 Å². The molecular formula is C36H33Cl2FN4O7. The summed E-state index contributed by atoms with van der Waals surface area (Å²) in [6, 6.07) is 17.6. The van der Waals surface area contributed by atoms with E-state index in [1.54, 1.807) is 42.2 Å². The number of benzene rings is 3. The molecule has 6 rings (SSSR count). The fourth-order valence-corrected chi connectivity index (χ4v) is 7.64. The highest BCUT2D eigenvalue weighted by Crippen LogP contribution is 2.59. The van der Waals surface area contributed by atoms with E-state index in [4.69, 9.17) is 32.7 Å². The standard InChI is InChI=1S/C36H33Cl2FN4O7/c1-3-49-23-8-5-7-20(17-23)19-42-27(18-28(44)21-11-13-22(14-12-21)34(45)50-4-2)32(43(47)48)30(24-9-6-10-26(37)31(24)39)36(42)25-15-16-29(38)40-33(25)41-35(36)46/h5-17,27-28,30,32,44H,3-4,18-19H2,1-2H3,(H,40,41,46)/t27-,28+,30-,32+,36+/m0/s1. The number of carbonyl (C=O) groups excluding carboxylic acids is 2. The van der Waals surface area contributed by atoms with Gasteiger partial charge in [-0.1, -0.05) is 59.6 Å². The highest BCUT2D eigenvalue weighted by Gasteiger charge is 2.71. The molecule has 0 bridgehead atoms. The van der Waals surface area contributed by atoms with Crippen LogP contribution in [0.4, 0.5) is 10.2 Å². The van der Waals surface area contributed by atoms with E-state index < -0.39 is 52.3 Å². The molecule has 0 aliphatic carbocycles. The number of amides is 1. The summed E-state index contributed by atoms with van der Waals surface area (Å²) in [6.07, 6.45) is -1.55. The van der Waals surface area contributed by atoms with Crippen molar-refractivity contribution in [1.82, 2.24) is 9.88 Å². The van der Waals surface area contributed by atoms with Crippen LogP contribution < -0.4 is 10.1 Å². The lowest BCUT2D eigenvalue weighted by molar-refractivity contribution is -0.528. The van der Waals surface area contributed by atoms with Gasteiger partial charge in [0.05, 0.1) is 41.9 Å². The maximum absolute atomic E-state index is 16.2. The number of hydrogen-bond acceptors (Lipinski definition) is 9. The first kappa shape index (κ1) is 35.2. The van der Waals surface area contributed by atoms with E-state index in [2.05, 4.69) is 10.3 Å². The number of halogens is 3. The Hall–Kier alpha value is -4.62. The molecule has 1 saturated heterocycles. The van der Waals surface area contributed by atoms with Crippen molar-refractivity contribution in [3.63, 3.8) is 0 Å². The second-order valence-corrected chi connectivity index (χ2v) is 12.8. The summed E-state index contributed by atoms with van der Waals surface area (Å²) in [5, 5.41) is 27.6. The number of carbonyl (C=O) groups is 2. The van der Waals surface area contributed by atoms with Gasteiger partial charge in [-0.15, -0.1) is 0 Å². The molecule has 11 nitrogen and oxygen atoms in total. The molecule has 0 saturated carbocycles. The number of nitrogens with zero attached hydrogens (tertiary/aromatic N) is 3. The molecule has 3 heterocycles. The third kappa shape index (κ3) is 6.17. The summed E-state index contributed by atoms with van der Waals surface area (Å²) in [4.78, 5) is 45.6. The number of rotatable bonds is 11. The van der Waals surface area contributed by atoms with Crippen LogP contribution in [0.3, 0.4) is 0 Å². The molecule has 260 valence electrons. The van der Waals surface area contributed by atoms with Crippen LogP contribution in [0, 0.1) is 15.9 Å². The third-order valence-electron chi connectivity index (χ3n) is 9.28. The van der Waals surface area contributed by atoms with Crippen molar-refractivity contribution >= 4 is 40.9 Å². The number of fused-ring (bicyclic) bond motifs is 2. The number of likely N-dealkylation sites (tertiary alicyclic amines) is 1. The normalized spacial score (nSPS) is 21.9. The quantitative estimate of drug-likeness (QED) is 0.0749. The zero-order chi connectivity index (χ0) is 35.7. The summed E-state index contributed by atoms with van der Waals surface area (Å²) in [6.45, 7) is 4.06. The zero-order valence-corrected chi connectivity index (χ0v) is 28.5. The molecule has 0 radical (unpaired) electrons. The monoisotopic (exact) mass is 722 g/mol. The molecule has 14 heteroatoms. The Morgan fingerprint density at radius 1 is 1.10 bits per heavy atom. The Bertz CT molecular complexity index is 1950. The van der Waals surface area contributed by atoms with Crippen LogP contribution in [0.2, 0.25) is 10.2 Å². The maximum Gasteiger partial charge on any atom is 0.338 e. The highest BCUT2D eigenvalue weighted by atomic mass is 35.5. The van der Waals surface area contributed by atoms with E-state index in [-0.39, 0.29) is 52.3 Å². The summed E-state index contributed by atoms with van der Waals surface area (Å²) in [5.74, 6) is -2.92. The fraction of sp³-hybridized carbons (Fsp3) is 0.306. The van der Waals surface area contributed by atoms with E-state index in [9.17, 15) is 24.8 Å². The van der Waals surface area contributed by atoms with Crippen LogP contribution in [0.5, 0.6) is 5.75 Å². The number of nitrogens with one attached hydrogen (secondary N) is 1. The average Bonchev–Trinajstić information content (AvgIpc) is 3.53. The molecule has 2 aliphatic heterocycles. The van der Waals surface area contributed by atoms with Crippen LogP contribution in [-0.2, 0) is 21.6 Å². The molecule has 1 amide bonds. The Labute approximate surface area is 297 Å². The van der Waals surface area contributed by atoms with E-state index in [1.807, 2.05) is 6.92 Å². The molecule has 2 N–H and O–H groups in total. The van der Waals surface area contributed by atoms with Gasteiger partial charge in [-0.3, -0.25) is 19.8 Å². The Balaban J connectivity index is 1.56. The number of esters is 1. The first-order chi connectivity index (χ1) is 24.0. The minimum atomic E-state index is -1.91. The van der Waals surface area contributed by atoms with Gasteiger partial charge in [-0.2, -0.15) is 0 Å². The molecule has 50 heavy (non-hydrogen) atoms. The topological polar surface area (TPSA) is 144 Å². The number of aliphatic hydroxyl groups is 1. The van der Waals surface area contributed by atoms with Gasteiger partial charge in [0.15, 0.2) is 0 Å². The van der Waals surface area contributed by atoms with Gasteiger partial charge in [0, 0.05) is 22.6 Å². The van der Waals surface area contributed by atoms with Crippen LogP contribution >= 0.6 is 23.2 Å². The Morgan fingerprint density at radius 3 is 2.54 bits per heavy atom. The van der Waals surface area contributed by atoms with Crippen molar-refractivity contribution in [3.8, 4) is 5.75 Å². The smallest absolute Gasteiger partial charge is 0.338 e. The lowest BCUT2D eigenvalue weighted by Gasteiger charge is -2.39. The van der Waals surface area contributed by atoms with Gasteiger partial charge in [0.2, 0.25) is 6.04 Å². The molecule has 4 aromatic rings. The van der Waals surface area contributed by atoms with Gasteiger partial charge in [-0.25, -0.2) is 14.2 Å². The first-order valence-electron chi connectivity index (χ1n) is 16.0. The van der Waals surface area contributed by atoms with Crippen molar-refractivity contribution in [3.05, 3.63) is 133 Å². The Kier molecular flexibility index (Phi) is 10.1. The second kappa shape index (κ2) is 14.3. The van der Waals surface area contributed by atoms with E-state index in [1.165, 1.54) is 48.5 Å². The van der Waals surface area contributed by atoms with Crippen LogP contribution in [0.1, 0.15) is 64.9 Å². The van der Waals surface area contributed by atoms with Gasteiger partial charge < -0.3 is 19.9 Å².